The van der Waals surface area contributed by atoms with Gasteiger partial charge in [-0.15, -0.1) is 0 Å². The fourth-order valence-electron chi connectivity index (χ4n) is 2.54. The van der Waals surface area contributed by atoms with Gasteiger partial charge < -0.3 is 15.2 Å². The first-order valence-corrected chi connectivity index (χ1v) is 7.38. The van der Waals surface area contributed by atoms with Crippen molar-refractivity contribution in [2.24, 2.45) is 0 Å². The topological polar surface area (TPSA) is 61.8 Å². The number of nitrogens with one attached hydrogen (secondary N) is 1. The summed E-state index contributed by atoms with van der Waals surface area (Å²) in [5, 5.41) is 12.8. The van der Waals surface area contributed by atoms with E-state index >= 15 is 0 Å². The summed E-state index contributed by atoms with van der Waals surface area (Å²) in [5.41, 5.74) is 2.72. The van der Waals surface area contributed by atoms with E-state index in [0.29, 0.717) is 6.54 Å². The maximum atomic E-state index is 11.6. The molecule has 5 nitrogen and oxygen atoms in total. The number of carbonyl (C=O) groups is 1. The average Bonchev–Trinajstić information content (AvgIpc) is 2.51. The molecule has 2 N–H and O–H groups in total. The summed E-state index contributed by atoms with van der Waals surface area (Å²) in [7, 11) is 1.49. The number of hydrogen-bond donors (Lipinski definition) is 2. The predicted octanol–water partition coefficient (Wildman–Crippen LogP) is 0.557. The smallest absolute Gasteiger partial charge is 0.248 e. The third-order valence-corrected chi connectivity index (χ3v) is 3.91. The zero-order chi connectivity index (χ0) is 15.2. The van der Waals surface area contributed by atoms with Gasteiger partial charge in [0.15, 0.2) is 0 Å². The fraction of sp³-hybridized carbons (Fsp3) is 0.562. The minimum atomic E-state index is -0.566. The summed E-state index contributed by atoms with van der Waals surface area (Å²) >= 11 is 0. The van der Waals surface area contributed by atoms with Crippen LogP contribution in [0, 0.1) is 0 Å². The maximum absolute atomic E-state index is 11.6. The third kappa shape index (κ3) is 4.52. The van der Waals surface area contributed by atoms with E-state index in [9.17, 15) is 9.90 Å². The molecule has 0 saturated carbocycles. The first kappa shape index (κ1) is 15.9. The lowest BCUT2D eigenvalue weighted by molar-refractivity contribution is -0.130. The molecule has 0 saturated heterocycles. The Balaban J connectivity index is 1.77. The number of rotatable bonds is 6. The zero-order valence-corrected chi connectivity index (χ0v) is 12.7. The number of ether oxygens (including phenoxy) is 1. The second-order valence-electron chi connectivity index (χ2n) is 5.53. The van der Waals surface area contributed by atoms with E-state index in [1.54, 1.807) is 6.92 Å². The monoisotopic (exact) mass is 292 g/mol. The summed E-state index contributed by atoms with van der Waals surface area (Å²) in [6.45, 7) is 4.30. The molecular weight excluding hydrogens is 268 g/mol. The van der Waals surface area contributed by atoms with Gasteiger partial charge in [-0.05, 0) is 24.5 Å². The van der Waals surface area contributed by atoms with Crippen molar-refractivity contribution >= 4 is 5.91 Å². The van der Waals surface area contributed by atoms with Crippen LogP contribution in [-0.4, -0.2) is 54.9 Å². The van der Waals surface area contributed by atoms with Gasteiger partial charge in [0.25, 0.3) is 0 Å². The molecule has 116 valence electrons. The first-order chi connectivity index (χ1) is 10.1. The fourth-order valence-corrected chi connectivity index (χ4v) is 2.54. The summed E-state index contributed by atoms with van der Waals surface area (Å²) in [4.78, 5) is 13.8. The number of fused-ring (bicyclic) bond motifs is 1. The molecule has 1 heterocycles. The van der Waals surface area contributed by atoms with Crippen LogP contribution in [0.3, 0.4) is 0 Å². The molecule has 21 heavy (non-hydrogen) atoms. The van der Waals surface area contributed by atoms with Crippen LogP contribution in [-0.2, 0) is 22.5 Å². The van der Waals surface area contributed by atoms with Crippen LogP contribution in [0.1, 0.15) is 18.1 Å². The second-order valence-corrected chi connectivity index (χ2v) is 5.53. The van der Waals surface area contributed by atoms with Crippen LogP contribution >= 0.6 is 0 Å². The number of carbonyl (C=O) groups excluding carboxylic acids is 1. The Labute approximate surface area is 125 Å². The lowest BCUT2D eigenvalue weighted by atomic mass is 10.00. The largest absolute Gasteiger partial charge is 0.390 e. The van der Waals surface area contributed by atoms with Crippen LogP contribution in [0.5, 0.6) is 0 Å². The first-order valence-electron chi connectivity index (χ1n) is 7.38. The molecule has 1 aromatic carbocycles. The Morgan fingerprint density at radius 3 is 2.86 bits per heavy atom. The number of benzene rings is 1. The van der Waals surface area contributed by atoms with Crippen molar-refractivity contribution in [1.82, 2.24) is 10.2 Å². The quantitative estimate of drug-likeness (QED) is 0.804. The number of β-amino-alcohol motifs (C(OH)–C–C–N with tert-alkyl or cyclic N) is 1. The van der Waals surface area contributed by atoms with Crippen molar-refractivity contribution in [2.45, 2.75) is 32.1 Å². The van der Waals surface area contributed by atoms with Crippen LogP contribution < -0.4 is 5.32 Å². The second kappa shape index (κ2) is 7.54. The molecule has 0 aromatic heterocycles. The minimum absolute atomic E-state index is 0.194. The summed E-state index contributed by atoms with van der Waals surface area (Å²) in [6, 6.07) is 8.41. The highest BCUT2D eigenvalue weighted by Crippen LogP contribution is 2.18. The molecule has 2 unspecified atom stereocenters. The van der Waals surface area contributed by atoms with Crippen LogP contribution in [0.4, 0.5) is 0 Å². The Morgan fingerprint density at radius 2 is 2.14 bits per heavy atom. The molecule has 5 heteroatoms. The van der Waals surface area contributed by atoms with E-state index < -0.39 is 12.2 Å². The number of methoxy groups -OCH3 is 1. The molecule has 0 spiro atoms. The minimum Gasteiger partial charge on any atom is -0.390 e. The molecular formula is C16H24N2O3. The van der Waals surface area contributed by atoms with Gasteiger partial charge in [-0.25, -0.2) is 0 Å². The molecule has 2 atom stereocenters. The summed E-state index contributed by atoms with van der Waals surface area (Å²) < 4.78 is 4.93. The lowest BCUT2D eigenvalue weighted by Gasteiger charge is -2.30. The highest BCUT2D eigenvalue weighted by atomic mass is 16.5. The number of aliphatic hydroxyl groups excluding tert-OH is 1. The van der Waals surface area contributed by atoms with Crippen LogP contribution in [0.25, 0.3) is 0 Å². The van der Waals surface area contributed by atoms with E-state index in [4.69, 9.17) is 4.74 Å². The molecule has 1 aliphatic rings. The highest BCUT2D eigenvalue weighted by molar-refractivity contribution is 5.80. The number of hydrogen-bond acceptors (Lipinski definition) is 4. The van der Waals surface area contributed by atoms with E-state index in [1.165, 1.54) is 18.2 Å². The van der Waals surface area contributed by atoms with E-state index in [2.05, 4.69) is 28.4 Å². The molecule has 0 bridgehead atoms. The van der Waals surface area contributed by atoms with Crippen molar-refractivity contribution in [3.63, 3.8) is 0 Å². The van der Waals surface area contributed by atoms with Gasteiger partial charge in [-0.2, -0.15) is 0 Å². The van der Waals surface area contributed by atoms with Gasteiger partial charge in [0.05, 0.1) is 6.10 Å². The molecule has 0 radical (unpaired) electrons. The number of amides is 1. The van der Waals surface area contributed by atoms with Gasteiger partial charge in [-0.3, -0.25) is 9.69 Å². The SMILES string of the molecule is COC(C)C(=O)NCC(O)CN1CCc2ccccc2C1. The van der Waals surface area contributed by atoms with Crippen LogP contribution in [0.2, 0.25) is 0 Å². The summed E-state index contributed by atoms with van der Waals surface area (Å²) in [5.74, 6) is -0.194. The molecule has 1 aromatic rings. The molecule has 2 rings (SSSR count). The van der Waals surface area contributed by atoms with E-state index in [1.807, 2.05) is 6.07 Å². The number of nitrogens with zero attached hydrogens (tertiary/aromatic N) is 1. The van der Waals surface area contributed by atoms with E-state index in [-0.39, 0.29) is 12.5 Å². The average molecular weight is 292 g/mol. The van der Waals surface area contributed by atoms with Crippen molar-refractivity contribution in [2.75, 3.05) is 26.7 Å². The van der Waals surface area contributed by atoms with Gasteiger partial charge in [0.2, 0.25) is 5.91 Å². The Hall–Kier alpha value is -1.43. The normalized spacial score (nSPS) is 17.9. The van der Waals surface area contributed by atoms with Gasteiger partial charge in [-0.1, -0.05) is 24.3 Å². The summed E-state index contributed by atoms with van der Waals surface area (Å²) in [6.07, 6.45) is -0.0435. The zero-order valence-electron chi connectivity index (χ0n) is 12.7. The molecule has 0 aliphatic carbocycles. The Bertz CT molecular complexity index is 478. The van der Waals surface area contributed by atoms with Gasteiger partial charge >= 0.3 is 0 Å². The third-order valence-electron chi connectivity index (χ3n) is 3.91. The van der Waals surface area contributed by atoms with Gasteiger partial charge in [0, 0.05) is 33.3 Å². The Morgan fingerprint density at radius 1 is 1.43 bits per heavy atom. The number of aliphatic hydroxyl groups is 1. The van der Waals surface area contributed by atoms with Gasteiger partial charge in [0.1, 0.15) is 6.10 Å². The van der Waals surface area contributed by atoms with Crippen LogP contribution in [0.15, 0.2) is 24.3 Å². The Kier molecular flexibility index (Phi) is 5.73. The molecule has 1 aliphatic heterocycles. The van der Waals surface area contributed by atoms with Crippen molar-refractivity contribution in [3.05, 3.63) is 35.4 Å². The van der Waals surface area contributed by atoms with Crippen molar-refractivity contribution < 1.29 is 14.6 Å². The molecule has 0 fully saturated rings. The van der Waals surface area contributed by atoms with Crippen molar-refractivity contribution in [3.8, 4) is 0 Å². The maximum Gasteiger partial charge on any atom is 0.248 e. The molecule has 1 amide bonds. The standard InChI is InChI=1S/C16H24N2O3/c1-12(21-2)16(20)17-9-15(19)11-18-8-7-13-5-3-4-6-14(13)10-18/h3-6,12,15,19H,7-11H2,1-2H3,(H,17,20). The van der Waals surface area contributed by atoms with E-state index in [0.717, 1.165) is 19.5 Å². The van der Waals surface area contributed by atoms with Crippen molar-refractivity contribution in [1.29, 1.82) is 0 Å². The lowest BCUT2D eigenvalue weighted by Crippen LogP contribution is -2.44. The predicted molar refractivity (Wildman–Crippen MR) is 80.9 cm³/mol. The highest BCUT2D eigenvalue weighted by Gasteiger charge is 2.19.